The lowest BCUT2D eigenvalue weighted by Gasteiger charge is -2.12. The monoisotopic (exact) mass is 246 g/mol. The molecule has 0 saturated heterocycles. The quantitative estimate of drug-likeness (QED) is 0.769. The Hall–Kier alpha value is -1.29. The molecule has 0 radical (unpaired) electrons. The number of hydrogen-bond acceptors (Lipinski definition) is 3. The zero-order valence-electron chi connectivity index (χ0n) is 9.21. The van der Waals surface area contributed by atoms with Crippen molar-refractivity contribution in [2.24, 2.45) is 0 Å². The first-order valence-corrected chi connectivity index (χ1v) is 5.08. The molecule has 0 spiro atoms. The second kappa shape index (κ2) is 5.16. The Kier molecular flexibility index (Phi) is 4.12. The fourth-order valence-corrected chi connectivity index (χ4v) is 1.32. The smallest absolute Gasteiger partial charge is 0.345 e. The molecular formula is C11H12ClFO3. The Labute approximate surface area is 98.1 Å². The van der Waals surface area contributed by atoms with Crippen molar-refractivity contribution < 1.29 is 18.7 Å². The summed E-state index contributed by atoms with van der Waals surface area (Å²) in [5.41, 5.74) is -0.274. The molecule has 0 heterocycles. The van der Waals surface area contributed by atoms with E-state index in [1.54, 1.807) is 13.8 Å². The molecule has 0 aromatic heterocycles. The molecule has 5 heteroatoms. The molecule has 3 nitrogen and oxygen atoms in total. The number of ether oxygens (including phenoxy) is 2. The lowest BCUT2D eigenvalue weighted by Crippen LogP contribution is -2.14. The number of rotatable bonds is 3. The van der Waals surface area contributed by atoms with Crippen LogP contribution in [0.25, 0.3) is 0 Å². The van der Waals surface area contributed by atoms with E-state index in [-0.39, 0.29) is 22.4 Å². The number of esters is 1. The van der Waals surface area contributed by atoms with Crippen LogP contribution in [-0.4, -0.2) is 19.2 Å². The summed E-state index contributed by atoms with van der Waals surface area (Å²) in [5.74, 6) is -1.51. The molecule has 1 aromatic rings. The number of carbonyl (C=O) groups excluding carboxylic acids is 1. The highest BCUT2D eigenvalue weighted by Gasteiger charge is 2.22. The molecule has 1 aromatic carbocycles. The Bertz CT molecular complexity index is 404. The summed E-state index contributed by atoms with van der Waals surface area (Å²) in [6.07, 6.45) is -0.337. The molecular weight excluding hydrogens is 235 g/mol. The van der Waals surface area contributed by atoms with Crippen LogP contribution in [0.3, 0.4) is 0 Å². The predicted molar refractivity (Wildman–Crippen MR) is 58.5 cm³/mol. The van der Waals surface area contributed by atoms with Gasteiger partial charge in [0.15, 0.2) is 5.82 Å². The van der Waals surface area contributed by atoms with Crippen LogP contribution in [0.4, 0.5) is 4.39 Å². The van der Waals surface area contributed by atoms with Crippen LogP contribution in [0.2, 0.25) is 5.02 Å². The highest BCUT2D eigenvalue weighted by molar-refractivity contribution is 6.31. The van der Waals surface area contributed by atoms with E-state index in [9.17, 15) is 9.18 Å². The second-order valence-corrected chi connectivity index (χ2v) is 3.80. The topological polar surface area (TPSA) is 35.5 Å². The molecule has 0 saturated carbocycles. The van der Waals surface area contributed by atoms with Crippen molar-refractivity contribution in [3.63, 3.8) is 0 Å². The molecule has 0 N–H and O–H groups in total. The number of carbonyl (C=O) groups is 1. The zero-order chi connectivity index (χ0) is 12.3. The fraction of sp³-hybridized carbons (Fsp3) is 0.364. The van der Waals surface area contributed by atoms with E-state index in [0.717, 1.165) is 0 Å². The lowest BCUT2D eigenvalue weighted by molar-refractivity contribution is 0.0369. The summed E-state index contributed by atoms with van der Waals surface area (Å²) in [7, 11) is 1.34. The minimum atomic E-state index is -0.827. The van der Waals surface area contributed by atoms with Gasteiger partial charge in [0.1, 0.15) is 11.3 Å². The maximum Gasteiger partial charge on any atom is 0.345 e. The molecule has 0 atom stereocenters. The third kappa shape index (κ3) is 2.64. The third-order valence-corrected chi connectivity index (χ3v) is 2.12. The van der Waals surface area contributed by atoms with Gasteiger partial charge in [-0.05, 0) is 26.0 Å². The molecule has 16 heavy (non-hydrogen) atoms. The number of hydrogen-bond donors (Lipinski definition) is 0. The lowest BCUT2D eigenvalue weighted by atomic mass is 10.2. The van der Waals surface area contributed by atoms with Gasteiger partial charge < -0.3 is 9.47 Å². The molecule has 0 unspecified atom stereocenters. The van der Waals surface area contributed by atoms with E-state index in [2.05, 4.69) is 0 Å². The summed E-state index contributed by atoms with van der Waals surface area (Å²) < 4.78 is 23.4. The largest absolute Gasteiger partial charge is 0.496 e. The highest BCUT2D eigenvalue weighted by Crippen LogP contribution is 2.28. The van der Waals surface area contributed by atoms with Crippen molar-refractivity contribution >= 4 is 17.6 Å². The molecule has 88 valence electrons. The first kappa shape index (κ1) is 12.8. The third-order valence-electron chi connectivity index (χ3n) is 1.82. The maximum absolute atomic E-state index is 13.6. The van der Waals surface area contributed by atoms with E-state index in [1.165, 1.54) is 19.2 Å². The van der Waals surface area contributed by atoms with Crippen molar-refractivity contribution in [2.75, 3.05) is 7.11 Å². The molecule has 0 fully saturated rings. The van der Waals surface area contributed by atoms with Crippen LogP contribution < -0.4 is 4.74 Å². The van der Waals surface area contributed by atoms with Crippen LogP contribution in [-0.2, 0) is 4.74 Å². The molecule has 0 aliphatic rings. The van der Waals surface area contributed by atoms with E-state index in [0.29, 0.717) is 0 Å². The van der Waals surface area contributed by atoms with Gasteiger partial charge in [-0.3, -0.25) is 0 Å². The number of halogens is 2. The van der Waals surface area contributed by atoms with Crippen LogP contribution >= 0.6 is 11.6 Å². The van der Waals surface area contributed by atoms with Crippen LogP contribution in [0, 0.1) is 5.82 Å². The zero-order valence-corrected chi connectivity index (χ0v) is 9.97. The summed E-state index contributed by atoms with van der Waals surface area (Å²) in [4.78, 5) is 11.6. The van der Waals surface area contributed by atoms with Crippen molar-refractivity contribution in [1.82, 2.24) is 0 Å². The normalized spacial score (nSPS) is 10.4. The van der Waals surface area contributed by atoms with Gasteiger partial charge in [0, 0.05) is 0 Å². The van der Waals surface area contributed by atoms with Crippen molar-refractivity contribution in [1.29, 1.82) is 0 Å². The van der Waals surface area contributed by atoms with E-state index in [1.807, 2.05) is 0 Å². The van der Waals surface area contributed by atoms with E-state index in [4.69, 9.17) is 21.1 Å². The van der Waals surface area contributed by atoms with Gasteiger partial charge in [0.25, 0.3) is 0 Å². The van der Waals surface area contributed by atoms with Gasteiger partial charge in [-0.1, -0.05) is 11.6 Å². The van der Waals surface area contributed by atoms with Crippen molar-refractivity contribution in [3.05, 3.63) is 28.5 Å². The molecule has 0 bridgehead atoms. The summed E-state index contributed by atoms with van der Waals surface area (Å²) in [6.45, 7) is 3.35. The van der Waals surface area contributed by atoms with Gasteiger partial charge in [-0.15, -0.1) is 0 Å². The van der Waals surface area contributed by atoms with Crippen LogP contribution in [0.5, 0.6) is 5.75 Å². The fourth-order valence-electron chi connectivity index (χ4n) is 1.17. The number of methoxy groups -OCH3 is 1. The van der Waals surface area contributed by atoms with Gasteiger partial charge in [-0.25, -0.2) is 9.18 Å². The highest BCUT2D eigenvalue weighted by atomic mass is 35.5. The SMILES string of the molecule is COc1ccc(Cl)c(F)c1C(=O)OC(C)C. The average Bonchev–Trinajstić information content (AvgIpc) is 2.20. The Morgan fingerprint density at radius 3 is 2.56 bits per heavy atom. The molecule has 0 amide bonds. The first-order valence-electron chi connectivity index (χ1n) is 4.70. The van der Waals surface area contributed by atoms with Gasteiger partial charge in [0.05, 0.1) is 18.2 Å². The maximum atomic E-state index is 13.6. The Morgan fingerprint density at radius 1 is 1.44 bits per heavy atom. The standard InChI is InChI=1S/C11H12ClFO3/c1-6(2)16-11(14)9-8(15-3)5-4-7(12)10(9)13/h4-6H,1-3H3. The molecule has 0 aliphatic heterocycles. The van der Waals surface area contributed by atoms with E-state index >= 15 is 0 Å². The van der Waals surface area contributed by atoms with Crippen LogP contribution in [0.1, 0.15) is 24.2 Å². The second-order valence-electron chi connectivity index (χ2n) is 3.39. The molecule has 0 aliphatic carbocycles. The van der Waals surface area contributed by atoms with Crippen molar-refractivity contribution in [3.8, 4) is 5.75 Å². The van der Waals surface area contributed by atoms with E-state index < -0.39 is 11.8 Å². The average molecular weight is 247 g/mol. The summed E-state index contributed by atoms with van der Waals surface area (Å²) in [5, 5.41) is -0.142. The first-order chi connectivity index (χ1) is 7.47. The Morgan fingerprint density at radius 2 is 2.06 bits per heavy atom. The van der Waals surface area contributed by atoms with Gasteiger partial charge in [-0.2, -0.15) is 0 Å². The minimum absolute atomic E-state index is 0.104. The number of benzene rings is 1. The summed E-state index contributed by atoms with van der Waals surface area (Å²) in [6, 6.07) is 2.74. The van der Waals surface area contributed by atoms with Gasteiger partial charge in [0.2, 0.25) is 0 Å². The van der Waals surface area contributed by atoms with Gasteiger partial charge >= 0.3 is 5.97 Å². The van der Waals surface area contributed by atoms with Crippen molar-refractivity contribution in [2.45, 2.75) is 20.0 Å². The predicted octanol–water partition coefficient (Wildman–Crippen LogP) is 3.05. The summed E-state index contributed by atoms with van der Waals surface area (Å²) >= 11 is 5.59. The van der Waals surface area contributed by atoms with Crippen LogP contribution in [0.15, 0.2) is 12.1 Å². The minimum Gasteiger partial charge on any atom is -0.496 e. The Balaban J connectivity index is 3.19. The molecule has 1 rings (SSSR count).